The summed E-state index contributed by atoms with van der Waals surface area (Å²) in [5.41, 5.74) is 34.9. The molecule has 0 bridgehead atoms. The molecule has 0 aromatic heterocycles. The Hall–Kier alpha value is -5.34. The molecule has 0 spiro atoms. The minimum absolute atomic E-state index is 0.0150. The van der Waals surface area contributed by atoms with Gasteiger partial charge < -0.3 is 4.90 Å². The lowest BCUT2D eigenvalue weighted by atomic mass is 9.32. The largest absolute Gasteiger partial charge is 0.311 e. The molecule has 3 atom stereocenters. The molecule has 1 saturated carbocycles. The average Bonchev–Trinajstić information content (AvgIpc) is 1.27. The fraction of sp³-hybridized carbons (Fsp3) is 0.524. The molecular weight excluding hydrogens is 1030 g/mol. The van der Waals surface area contributed by atoms with E-state index in [1.54, 1.807) is 38.8 Å². The summed E-state index contributed by atoms with van der Waals surface area (Å²) in [4.78, 5) is 2.87. The molecule has 13 rings (SSSR count). The van der Waals surface area contributed by atoms with Gasteiger partial charge in [-0.15, -0.1) is 0 Å². The van der Waals surface area contributed by atoms with Gasteiger partial charge in [0, 0.05) is 22.9 Å². The Morgan fingerprint density at radius 3 is 1.53 bits per heavy atom. The predicted molar refractivity (Wildman–Crippen MR) is 372 cm³/mol. The lowest BCUT2D eigenvalue weighted by molar-refractivity contribution is 0.109. The van der Waals surface area contributed by atoms with Crippen molar-refractivity contribution in [3.05, 3.63) is 198 Å². The van der Waals surface area contributed by atoms with E-state index < -0.39 is 0 Å². The summed E-state index contributed by atoms with van der Waals surface area (Å²) in [6, 6.07) is 38.4. The number of anilines is 2. The van der Waals surface area contributed by atoms with Crippen LogP contribution in [0.4, 0.5) is 11.4 Å². The maximum Gasteiger partial charge on any atom is 0.246 e. The number of fused-ring (bicyclic) bond motifs is 8. The monoisotopic (exact) mass is 1140 g/mol. The Morgan fingerprint density at radius 2 is 1.00 bits per heavy atom. The Labute approximate surface area is 522 Å². The van der Waals surface area contributed by atoms with Crippen molar-refractivity contribution >= 4 is 29.0 Å². The molecule has 6 aliphatic carbocycles. The molecule has 0 saturated heterocycles. The smallest absolute Gasteiger partial charge is 0.246 e. The third-order valence-corrected chi connectivity index (χ3v) is 25.4. The first-order valence-corrected chi connectivity index (χ1v) is 34.1. The number of hydrogen-bond donors (Lipinski definition) is 0. The van der Waals surface area contributed by atoms with Gasteiger partial charge in [-0.2, -0.15) is 0 Å². The van der Waals surface area contributed by atoms with Crippen LogP contribution in [-0.2, 0) is 49.7 Å². The van der Waals surface area contributed by atoms with E-state index in [9.17, 15) is 0 Å². The first-order chi connectivity index (χ1) is 40.1. The van der Waals surface area contributed by atoms with E-state index in [1.807, 2.05) is 0 Å². The number of hydrogen-bond acceptors (Lipinski definition) is 1. The highest BCUT2D eigenvalue weighted by molar-refractivity contribution is 6.94. The number of rotatable bonds is 6. The summed E-state index contributed by atoms with van der Waals surface area (Å²) in [6.45, 7) is 52.9. The van der Waals surface area contributed by atoms with Crippen LogP contribution in [-0.4, -0.2) is 6.71 Å². The van der Waals surface area contributed by atoms with E-state index in [0.717, 1.165) is 12.8 Å². The van der Waals surface area contributed by atoms with Crippen LogP contribution in [0.3, 0.4) is 0 Å². The van der Waals surface area contributed by atoms with Crippen LogP contribution in [0.25, 0.3) is 11.1 Å². The lowest BCUT2D eigenvalue weighted by Crippen LogP contribution is -2.55. The van der Waals surface area contributed by atoms with Crippen LogP contribution in [0.5, 0.6) is 0 Å². The van der Waals surface area contributed by atoms with Gasteiger partial charge in [0.25, 0.3) is 0 Å². The maximum atomic E-state index is 2.90. The zero-order chi connectivity index (χ0) is 61.6. The summed E-state index contributed by atoms with van der Waals surface area (Å²) >= 11 is 0. The lowest BCUT2D eigenvalue weighted by Gasteiger charge is -2.47. The first-order valence-electron chi connectivity index (χ1n) is 34.1. The molecule has 7 aliphatic rings. The molecule has 0 N–H and O–H groups in total. The van der Waals surface area contributed by atoms with Crippen LogP contribution in [0, 0.1) is 39.0 Å². The molecule has 1 fully saturated rings. The molecule has 450 valence electrons. The summed E-state index contributed by atoms with van der Waals surface area (Å²) in [5, 5.41) is 0. The summed E-state index contributed by atoms with van der Waals surface area (Å²) in [7, 11) is 0. The fourth-order valence-electron chi connectivity index (χ4n) is 19.0. The highest BCUT2D eigenvalue weighted by Crippen LogP contribution is 2.61. The molecule has 0 radical (unpaired) electrons. The molecular formula is C84H106BN. The van der Waals surface area contributed by atoms with Crippen LogP contribution >= 0.6 is 0 Å². The minimum Gasteiger partial charge on any atom is -0.311 e. The molecule has 86 heavy (non-hydrogen) atoms. The van der Waals surface area contributed by atoms with E-state index in [-0.39, 0.29) is 67.3 Å². The van der Waals surface area contributed by atoms with Gasteiger partial charge in [-0.25, -0.2) is 0 Å². The summed E-state index contributed by atoms with van der Waals surface area (Å²) in [5.74, 6) is 0.310. The second-order valence-corrected chi connectivity index (χ2v) is 35.1. The Bertz CT molecular complexity index is 3770. The number of aryl methyl sites for hydroxylation is 4. The van der Waals surface area contributed by atoms with Crippen molar-refractivity contribution in [2.45, 2.75) is 272 Å². The fourth-order valence-corrected chi connectivity index (χ4v) is 19.0. The van der Waals surface area contributed by atoms with E-state index in [2.05, 4.69) is 253 Å². The van der Waals surface area contributed by atoms with Crippen molar-refractivity contribution in [3.63, 3.8) is 0 Å². The normalized spacial score (nSPS) is 25.2. The molecule has 6 aromatic rings. The second-order valence-electron chi connectivity index (χ2n) is 35.1. The molecule has 6 aromatic carbocycles. The molecule has 1 heterocycles. The van der Waals surface area contributed by atoms with Gasteiger partial charge in [-0.1, -0.05) is 227 Å². The SMILES string of the molecule is Cc1cc(C)c2c(c1)N(c1cc3c(cc1-c1ccccc1)C(C)(C)CCC3(C)C)C1=CC(C(c3cc4c(cc3C)C(C)(C)CCC4(C)C)c3cc4c(cc3C)C(C)(C)CCC4(C)C)CC=C1B2c1cc(C(C)(C)C)cc2c1CC1(C)CCCCC21C. The van der Waals surface area contributed by atoms with Gasteiger partial charge in [0.2, 0.25) is 6.71 Å². The number of nitrogens with zero attached hydrogens (tertiary/aromatic N) is 1. The highest BCUT2D eigenvalue weighted by Gasteiger charge is 2.55. The first kappa shape index (κ1) is 59.6. The Balaban J connectivity index is 1.15. The molecule has 1 nitrogen and oxygen atoms in total. The third-order valence-electron chi connectivity index (χ3n) is 25.4. The average molecular weight is 1140 g/mol. The summed E-state index contributed by atoms with van der Waals surface area (Å²) < 4.78 is 0. The quantitative estimate of drug-likeness (QED) is 0.150. The second kappa shape index (κ2) is 19.6. The molecule has 1 aliphatic heterocycles. The standard InChI is InChI=1S/C84H106BN/c1-51-39-54(4)75-73(40-51)86(71-49-68-67(81(16,17)37-38-82(68,18)19)48-60(71)55-27-23-22-24-28-55)72-43-56(29-30-69(72)85(75)70-45-57(76(5,6)7)44-62-61(70)50-83(20)31-25-26-32-84(62,83)21)74(58-46-65-63(41-52(58)2)77(8,9)33-35-79(65,12)13)59-47-66-64(42-53(59)3)78(10,11)34-36-80(66,14)15/h22-24,27-28,30,39-49,56,74H,25-26,29,31-38,50H2,1-21H3. The van der Waals surface area contributed by atoms with E-state index in [1.165, 1.54) is 153 Å². The van der Waals surface area contributed by atoms with Crippen molar-refractivity contribution < 1.29 is 0 Å². The topological polar surface area (TPSA) is 3.24 Å². The Morgan fingerprint density at radius 1 is 0.500 bits per heavy atom. The van der Waals surface area contributed by atoms with Crippen molar-refractivity contribution in [1.82, 2.24) is 0 Å². The van der Waals surface area contributed by atoms with Crippen molar-refractivity contribution in [2.75, 3.05) is 4.90 Å². The van der Waals surface area contributed by atoms with Gasteiger partial charge in [0.15, 0.2) is 0 Å². The van der Waals surface area contributed by atoms with E-state index in [4.69, 9.17) is 0 Å². The van der Waals surface area contributed by atoms with Crippen LogP contribution < -0.4 is 15.8 Å². The molecule has 0 amide bonds. The Kier molecular flexibility index (Phi) is 13.6. The van der Waals surface area contributed by atoms with E-state index in [0.29, 0.717) is 0 Å². The van der Waals surface area contributed by atoms with Crippen LogP contribution in [0.1, 0.15) is 278 Å². The zero-order valence-corrected chi connectivity index (χ0v) is 57.5. The van der Waals surface area contributed by atoms with Crippen molar-refractivity contribution in [3.8, 4) is 11.1 Å². The van der Waals surface area contributed by atoms with Gasteiger partial charge in [0.1, 0.15) is 0 Å². The van der Waals surface area contributed by atoms with Gasteiger partial charge in [-0.05, 0) is 259 Å². The van der Waals surface area contributed by atoms with E-state index >= 15 is 0 Å². The molecule has 3 unspecified atom stereocenters. The van der Waals surface area contributed by atoms with Gasteiger partial charge >= 0.3 is 0 Å². The maximum absolute atomic E-state index is 2.90. The van der Waals surface area contributed by atoms with Crippen molar-refractivity contribution in [2.24, 2.45) is 11.3 Å². The van der Waals surface area contributed by atoms with Crippen LogP contribution in [0.15, 0.2) is 114 Å². The third kappa shape index (κ3) is 9.15. The molecule has 2 heteroatoms. The number of benzene rings is 6. The minimum atomic E-state index is -0.0150. The van der Waals surface area contributed by atoms with Gasteiger partial charge in [0.05, 0.1) is 5.69 Å². The van der Waals surface area contributed by atoms with Crippen LogP contribution in [0.2, 0.25) is 0 Å². The summed E-state index contributed by atoms with van der Waals surface area (Å²) in [6.07, 6.45) is 20.3. The number of allylic oxidation sites excluding steroid dienone is 3. The predicted octanol–water partition coefficient (Wildman–Crippen LogP) is 21.3. The van der Waals surface area contributed by atoms with Gasteiger partial charge in [-0.3, -0.25) is 0 Å². The highest BCUT2D eigenvalue weighted by atomic mass is 15.2. The zero-order valence-electron chi connectivity index (χ0n) is 57.5. The van der Waals surface area contributed by atoms with Crippen molar-refractivity contribution in [1.29, 1.82) is 0 Å².